The van der Waals surface area contributed by atoms with Crippen LogP contribution in [-0.2, 0) is 15.1 Å². The maximum absolute atomic E-state index is 12.2. The molecular weight excluding hydrogens is 248 g/mol. The van der Waals surface area contributed by atoms with E-state index in [9.17, 15) is 4.79 Å². The lowest BCUT2D eigenvalue weighted by Crippen LogP contribution is -2.27. The second-order valence-corrected chi connectivity index (χ2v) is 6.01. The molecule has 0 saturated carbocycles. The van der Waals surface area contributed by atoms with Crippen molar-refractivity contribution >= 4 is 5.97 Å². The van der Waals surface area contributed by atoms with Crippen LogP contribution in [0.3, 0.4) is 0 Å². The van der Waals surface area contributed by atoms with E-state index in [1.54, 1.807) is 0 Å². The molecule has 1 aliphatic heterocycles. The van der Waals surface area contributed by atoms with Gasteiger partial charge in [-0.25, -0.2) is 0 Å². The minimum atomic E-state index is -0.664. The normalized spacial score (nSPS) is 19.6. The molecular formula is C18H18O2. The molecule has 0 radical (unpaired) electrons. The molecule has 102 valence electrons. The molecule has 1 fully saturated rings. The molecule has 0 aromatic heterocycles. The highest BCUT2D eigenvalue weighted by Gasteiger charge is 2.53. The zero-order chi connectivity index (χ0) is 14.2. The number of ether oxygens (including phenoxy) is 1. The molecule has 0 atom stereocenters. The summed E-state index contributed by atoms with van der Waals surface area (Å²) in [5.74, 6) is -0.134. The summed E-state index contributed by atoms with van der Waals surface area (Å²) >= 11 is 0. The van der Waals surface area contributed by atoms with E-state index < -0.39 is 11.0 Å². The van der Waals surface area contributed by atoms with E-state index in [0.717, 1.165) is 11.1 Å². The molecule has 1 saturated heterocycles. The van der Waals surface area contributed by atoms with Crippen LogP contribution < -0.4 is 0 Å². The number of carbonyl (C=O) groups is 1. The van der Waals surface area contributed by atoms with Gasteiger partial charge >= 0.3 is 5.97 Å². The van der Waals surface area contributed by atoms with Crippen molar-refractivity contribution in [1.29, 1.82) is 0 Å². The van der Waals surface area contributed by atoms with Gasteiger partial charge in [-0.2, -0.15) is 0 Å². The van der Waals surface area contributed by atoms with Gasteiger partial charge in [0.1, 0.15) is 0 Å². The average Bonchev–Trinajstić information content (AvgIpc) is 2.72. The van der Waals surface area contributed by atoms with Gasteiger partial charge in [-0.3, -0.25) is 4.79 Å². The van der Waals surface area contributed by atoms with Crippen LogP contribution in [0.2, 0.25) is 0 Å². The maximum atomic E-state index is 12.2. The van der Waals surface area contributed by atoms with Crippen LogP contribution in [0.1, 0.15) is 31.4 Å². The topological polar surface area (TPSA) is 26.3 Å². The number of hydrogen-bond donors (Lipinski definition) is 0. The average molecular weight is 266 g/mol. The summed E-state index contributed by atoms with van der Waals surface area (Å²) in [5, 5.41) is 0. The third-order valence-electron chi connectivity index (χ3n) is 3.99. The zero-order valence-electron chi connectivity index (χ0n) is 11.8. The van der Waals surface area contributed by atoms with Crippen molar-refractivity contribution in [3.63, 3.8) is 0 Å². The Morgan fingerprint density at radius 2 is 1.30 bits per heavy atom. The Kier molecular flexibility index (Phi) is 2.89. The van der Waals surface area contributed by atoms with Crippen molar-refractivity contribution in [1.82, 2.24) is 0 Å². The lowest BCUT2D eigenvalue weighted by molar-refractivity contribution is -0.151. The Labute approximate surface area is 119 Å². The smallest absolute Gasteiger partial charge is 0.312 e. The number of esters is 1. The van der Waals surface area contributed by atoms with Crippen LogP contribution in [0.4, 0.5) is 0 Å². The third-order valence-corrected chi connectivity index (χ3v) is 3.99. The Balaban J connectivity index is 2.18. The van der Waals surface area contributed by atoms with Crippen molar-refractivity contribution < 1.29 is 9.53 Å². The van der Waals surface area contributed by atoms with Gasteiger partial charge in [-0.15, -0.1) is 0 Å². The second-order valence-electron chi connectivity index (χ2n) is 6.01. The summed E-state index contributed by atoms with van der Waals surface area (Å²) in [6.07, 6.45) is 0.660. The van der Waals surface area contributed by atoms with E-state index in [4.69, 9.17) is 4.74 Å². The fraction of sp³-hybridized carbons (Fsp3) is 0.278. The molecule has 0 aliphatic carbocycles. The minimum absolute atomic E-state index is 0.134. The Hall–Kier alpha value is -2.09. The molecule has 1 heterocycles. The highest BCUT2D eigenvalue weighted by Crippen LogP contribution is 2.50. The molecule has 2 aromatic carbocycles. The summed E-state index contributed by atoms with van der Waals surface area (Å²) in [6.45, 7) is 3.89. The number of hydrogen-bond acceptors (Lipinski definition) is 2. The first-order valence-corrected chi connectivity index (χ1v) is 6.89. The van der Waals surface area contributed by atoms with Gasteiger partial charge < -0.3 is 4.74 Å². The zero-order valence-corrected chi connectivity index (χ0v) is 11.8. The standard InChI is InChI=1S/C18H18O2/c1-17(2)13-18(20-16(17)19,14-9-5-3-6-10-14)15-11-7-4-8-12-15/h3-12H,13H2,1-2H3. The predicted octanol–water partition coefficient (Wildman–Crippen LogP) is 3.90. The second kappa shape index (κ2) is 4.48. The number of carbonyl (C=O) groups excluding carboxylic acids is 1. The van der Waals surface area contributed by atoms with Crippen molar-refractivity contribution in [2.75, 3.05) is 0 Å². The molecule has 1 aliphatic rings. The lowest BCUT2D eigenvalue weighted by Gasteiger charge is -2.29. The van der Waals surface area contributed by atoms with E-state index in [1.807, 2.05) is 74.5 Å². The van der Waals surface area contributed by atoms with Crippen molar-refractivity contribution in [2.45, 2.75) is 25.9 Å². The van der Waals surface area contributed by atoms with Gasteiger partial charge in [-0.1, -0.05) is 60.7 Å². The number of cyclic esters (lactones) is 1. The van der Waals surface area contributed by atoms with Gasteiger partial charge in [0, 0.05) is 17.5 Å². The van der Waals surface area contributed by atoms with Gasteiger partial charge in [0.15, 0.2) is 5.60 Å². The Morgan fingerprint density at radius 1 is 0.850 bits per heavy atom. The van der Waals surface area contributed by atoms with E-state index in [1.165, 1.54) is 0 Å². The summed E-state index contributed by atoms with van der Waals surface area (Å²) in [5.41, 5.74) is 0.935. The van der Waals surface area contributed by atoms with Crippen LogP contribution in [0.5, 0.6) is 0 Å². The molecule has 2 aromatic rings. The Bertz CT molecular complexity index is 575. The molecule has 2 nitrogen and oxygen atoms in total. The summed E-state index contributed by atoms with van der Waals surface area (Å²) < 4.78 is 5.90. The molecule has 0 N–H and O–H groups in total. The van der Waals surface area contributed by atoms with Crippen LogP contribution in [0.25, 0.3) is 0 Å². The molecule has 0 amide bonds. The van der Waals surface area contributed by atoms with Gasteiger partial charge in [-0.05, 0) is 13.8 Å². The first-order valence-electron chi connectivity index (χ1n) is 6.89. The van der Waals surface area contributed by atoms with E-state index in [-0.39, 0.29) is 5.97 Å². The van der Waals surface area contributed by atoms with Crippen molar-refractivity contribution in [3.8, 4) is 0 Å². The highest BCUT2D eigenvalue weighted by molar-refractivity contribution is 5.80. The number of benzene rings is 2. The Morgan fingerprint density at radius 3 is 1.65 bits per heavy atom. The van der Waals surface area contributed by atoms with E-state index in [2.05, 4.69) is 0 Å². The minimum Gasteiger partial charge on any atom is -0.449 e. The molecule has 20 heavy (non-hydrogen) atoms. The molecule has 0 unspecified atom stereocenters. The van der Waals surface area contributed by atoms with Gasteiger partial charge in [0.2, 0.25) is 0 Å². The predicted molar refractivity (Wildman–Crippen MR) is 78.2 cm³/mol. The molecule has 0 bridgehead atoms. The van der Waals surface area contributed by atoms with Crippen LogP contribution in [0, 0.1) is 5.41 Å². The quantitative estimate of drug-likeness (QED) is 0.770. The lowest BCUT2D eigenvalue weighted by atomic mass is 9.76. The SMILES string of the molecule is CC1(C)CC(c2ccccc2)(c2ccccc2)OC1=O. The monoisotopic (exact) mass is 266 g/mol. The molecule has 3 rings (SSSR count). The summed E-state index contributed by atoms with van der Waals surface area (Å²) in [7, 11) is 0. The number of rotatable bonds is 2. The third kappa shape index (κ3) is 1.92. The highest BCUT2D eigenvalue weighted by atomic mass is 16.6. The van der Waals surface area contributed by atoms with E-state index >= 15 is 0 Å². The fourth-order valence-corrected chi connectivity index (χ4v) is 2.93. The first-order chi connectivity index (χ1) is 9.55. The first kappa shape index (κ1) is 12.9. The van der Waals surface area contributed by atoms with Crippen molar-refractivity contribution in [2.24, 2.45) is 5.41 Å². The van der Waals surface area contributed by atoms with Crippen LogP contribution in [-0.4, -0.2) is 5.97 Å². The van der Waals surface area contributed by atoms with E-state index in [0.29, 0.717) is 6.42 Å². The summed E-state index contributed by atoms with van der Waals surface area (Å²) in [6, 6.07) is 20.0. The van der Waals surface area contributed by atoms with Crippen LogP contribution in [0.15, 0.2) is 60.7 Å². The maximum Gasteiger partial charge on any atom is 0.312 e. The molecule has 0 spiro atoms. The largest absolute Gasteiger partial charge is 0.449 e. The van der Waals surface area contributed by atoms with Crippen molar-refractivity contribution in [3.05, 3.63) is 71.8 Å². The van der Waals surface area contributed by atoms with Gasteiger partial charge in [0.25, 0.3) is 0 Å². The van der Waals surface area contributed by atoms with Gasteiger partial charge in [0.05, 0.1) is 5.41 Å². The summed E-state index contributed by atoms with van der Waals surface area (Å²) in [4.78, 5) is 12.2. The van der Waals surface area contributed by atoms with Crippen LogP contribution >= 0.6 is 0 Å². The molecule has 2 heteroatoms. The fourth-order valence-electron chi connectivity index (χ4n) is 2.93.